The molecule has 0 N–H and O–H groups in total. The smallest absolute Gasteiger partial charge is 0.295 e. The largest absolute Gasteiger partial charge is 0.328 e. The first kappa shape index (κ1) is 32.5. The minimum absolute atomic E-state index is 0.0327. The number of aromatic nitrogens is 4. The van der Waals surface area contributed by atoms with E-state index in [9.17, 15) is 4.79 Å². The maximum atomic E-state index is 12.6. The summed E-state index contributed by atoms with van der Waals surface area (Å²) in [6.07, 6.45) is 0. The van der Waals surface area contributed by atoms with Crippen molar-refractivity contribution < 1.29 is 0 Å². The number of aryl methyl sites for hydroxylation is 2. The van der Waals surface area contributed by atoms with Crippen molar-refractivity contribution in [3.05, 3.63) is 215 Å². The van der Waals surface area contributed by atoms with Gasteiger partial charge in [-0.25, -0.2) is 14.8 Å². The number of imidazole rings is 1. The lowest BCUT2D eigenvalue weighted by atomic mass is 9.67. The van der Waals surface area contributed by atoms with Gasteiger partial charge in [0.25, 0.3) is 0 Å². The third kappa shape index (κ3) is 5.04. The van der Waals surface area contributed by atoms with E-state index in [2.05, 4.69) is 158 Å². The molecule has 0 radical (unpaired) electrons. The number of fused-ring (bicyclic) bond motifs is 4. The lowest BCUT2D eigenvalue weighted by molar-refractivity contribution is 0.768. The Morgan fingerprint density at radius 2 is 0.982 bits per heavy atom. The first-order valence-electron chi connectivity index (χ1n) is 18.6. The predicted octanol–water partition coefficient (Wildman–Crippen LogP) is 10.7. The van der Waals surface area contributed by atoms with E-state index < -0.39 is 5.41 Å². The van der Waals surface area contributed by atoms with Gasteiger partial charge in [0, 0.05) is 30.8 Å². The SMILES string of the molecule is Cn1c(=O)n(C)c2cc(-c3ccc(-c4cc(-c5cccc6c5-c5ccccc5C6(c5ccccc5)c5ccccc5)nc(-c5ccccc5)n4)cc3)ccc21. The Hall–Kier alpha value is -7.11. The Bertz CT molecular complexity index is 2910. The number of hydrogen-bond acceptors (Lipinski definition) is 3. The van der Waals surface area contributed by atoms with Crippen LogP contribution < -0.4 is 5.69 Å². The summed E-state index contributed by atoms with van der Waals surface area (Å²) in [5.74, 6) is 0.675. The van der Waals surface area contributed by atoms with Crippen LogP contribution in [0.3, 0.4) is 0 Å². The molecular weight excluding hydrogens is 673 g/mol. The van der Waals surface area contributed by atoms with E-state index in [-0.39, 0.29) is 5.69 Å². The van der Waals surface area contributed by atoms with Gasteiger partial charge in [-0.3, -0.25) is 9.13 Å². The highest BCUT2D eigenvalue weighted by atomic mass is 16.1. The number of rotatable bonds is 6. The van der Waals surface area contributed by atoms with Crippen LogP contribution in [-0.4, -0.2) is 19.1 Å². The van der Waals surface area contributed by atoms with Crippen molar-refractivity contribution in [2.45, 2.75) is 5.41 Å². The first-order valence-corrected chi connectivity index (χ1v) is 18.6. The Balaban J connectivity index is 1.16. The van der Waals surface area contributed by atoms with Crippen molar-refractivity contribution in [3.63, 3.8) is 0 Å². The molecule has 0 bridgehead atoms. The standard InChI is InChI=1S/C50H36N4O/c1-53-45-30-29-36(31-46(45)54(2)49(53)55)33-25-27-34(28-26-33)43-32-44(52-48(51-43)35-15-6-3-7-16-35)40-22-14-24-42-47(40)39-21-12-13-23-41(39)50(42,37-17-8-4-9-18-37)38-19-10-5-11-20-38/h3-32H,1-2H3. The van der Waals surface area contributed by atoms with Crippen LogP contribution >= 0.6 is 0 Å². The van der Waals surface area contributed by atoms with Gasteiger partial charge in [0.05, 0.1) is 27.8 Å². The molecule has 0 atom stereocenters. The van der Waals surface area contributed by atoms with Crippen LogP contribution in [0, 0.1) is 0 Å². The molecule has 5 nitrogen and oxygen atoms in total. The summed E-state index contributed by atoms with van der Waals surface area (Å²) in [6, 6.07) is 64.3. The first-order chi connectivity index (χ1) is 27.0. The van der Waals surface area contributed by atoms with Crippen molar-refractivity contribution in [1.29, 1.82) is 0 Å². The van der Waals surface area contributed by atoms with E-state index in [4.69, 9.17) is 9.97 Å². The summed E-state index contributed by atoms with van der Waals surface area (Å²) in [5, 5.41) is 0. The molecular formula is C50H36N4O. The molecule has 0 unspecified atom stereocenters. The van der Waals surface area contributed by atoms with Gasteiger partial charge in [-0.15, -0.1) is 0 Å². The molecule has 0 saturated carbocycles. The summed E-state index contributed by atoms with van der Waals surface area (Å²) in [6.45, 7) is 0. The molecule has 262 valence electrons. The molecule has 2 aromatic heterocycles. The van der Waals surface area contributed by atoms with E-state index >= 15 is 0 Å². The number of hydrogen-bond donors (Lipinski definition) is 0. The van der Waals surface area contributed by atoms with Gasteiger partial charge >= 0.3 is 5.69 Å². The molecule has 55 heavy (non-hydrogen) atoms. The molecule has 0 aliphatic heterocycles. The lowest BCUT2D eigenvalue weighted by Gasteiger charge is -2.33. The van der Waals surface area contributed by atoms with Crippen LogP contribution in [-0.2, 0) is 19.5 Å². The van der Waals surface area contributed by atoms with Crippen molar-refractivity contribution >= 4 is 11.0 Å². The summed E-state index contributed by atoms with van der Waals surface area (Å²) < 4.78 is 3.38. The third-order valence-electron chi connectivity index (χ3n) is 11.3. The average Bonchev–Trinajstić information content (AvgIpc) is 3.68. The molecule has 0 amide bonds. The van der Waals surface area contributed by atoms with Gasteiger partial charge in [0.2, 0.25) is 0 Å². The number of benzene rings is 7. The van der Waals surface area contributed by atoms with Crippen molar-refractivity contribution in [1.82, 2.24) is 19.1 Å². The van der Waals surface area contributed by atoms with E-state index in [0.29, 0.717) is 5.82 Å². The molecule has 7 aromatic carbocycles. The van der Waals surface area contributed by atoms with Crippen LogP contribution in [0.25, 0.3) is 67.2 Å². The minimum atomic E-state index is -0.506. The van der Waals surface area contributed by atoms with Crippen LogP contribution in [0.2, 0.25) is 0 Å². The topological polar surface area (TPSA) is 52.7 Å². The molecule has 5 heteroatoms. The molecule has 1 aliphatic rings. The normalized spacial score (nSPS) is 12.8. The summed E-state index contributed by atoms with van der Waals surface area (Å²) in [4.78, 5) is 23.1. The van der Waals surface area contributed by atoms with E-state index in [0.717, 1.165) is 50.2 Å². The zero-order valence-corrected chi connectivity index (χ0v) is 30.5. The maximum Gasteiger partial charge on any atom is 0.328 e. The molecule has 10 rings (SSSR count). The Kier molecular flexibility index (Phi) is 7.56. The highest BCUT2D eigenvalue weighted by molar-refractivity contribution is 5.95. The Morgan fingerprint density at radius 1 is 0.436 bits per heavy atom. The Labute approximate surface area is 319 Å². The fourth-order valence-corrected chi connectivity index (χ4v) is 8.68. The highest BCUT2D eigenvalue weighted by Gasteiger charge is 2.46. The predicted molar refractivity (Wildman–Crippen MR) is 223 cm³/mol. The van der Waals surface area contributed by atoms with Crippen LogP contribution in [0.4, 0.5) is 0 Å². The highest BCUT2D eigenvalue weighted by Crippen LogP contribution is 2.58. The van der Waals surface area contributed by atoms with Crippen LogP contribution in [0.15, 0.2) is 187 Å². The van der Waals surface area contributed by atoms with E-state index in [1.165, 1.54) is 33.4 Å². The zero-order valence-electron chi connectivity index (χ0n) is 30.5. The summed E-state index contributed by atoms with van der Waals surface area (Å²) in [7, 11) is 3.63. The van der Waals surface area contributed by atoms with Crippen molar-refractivity contribution in [2.75, 3.05) is 0 Å². The van der Waals surface area contributed by atoms with E-state index in [1.54, 1.807) is 9.13 Å². The van der Waals surface area contributed by atoms with Gasteiger partial charge < -0.3 is 0 Å². The summed E-state index contributed by atoms with van der Waals surface area (Å²) in [5.41, 5.74) is 15.5. The van der Waals surface area contributed by atoms with Gasteiger partial charge in [0.1, 0.15) is 0 Å². The minimum Gasteiger partial charge on any atom is -0.295 e. The fourth-order valence-electron chi connectivity index (χ4n) is 8.68. The molecule has 0 saturated heterocycles. The molecule has 0 fully saturated rings. The monoisotopic (exact) mass is 708 g/mol. The lowest BCUT2D eigenvalue weighted by Crippen LogP contribution is -2.28. The molecule has 0 spiro atoms. The van der Waals surface area contributed by atoms with E-state index in [1.807, 2.05) is 38.4 Å². The second-order valence-electron chi connectivity index (χ2n) is 14.3. The quantitative estimate of drug-likeness (QED) is 0.173. The Morgan fingerprint density at radius 3 is 1.69 bits per heavy atom. The van der Waals surface area contributed by atoms with Crippen molar-refractivity contribution in [2.24, 2.45) is 14.1 Å². The van der Waals surface area contributed by atoms with Gasteiger partial charge in [0.15, 0.2) is 5.82 Å². The van der Waals surface area contributed by atoms with Crippen molar-refractivity contribution in [3.8, 4) is 56.2 Å². The number of nitrogens with zero attached hydrogens (tertiary/aromatic N) is 4. The van der Waals surface area contributed by atoms with Gasteiger partial charge in [-0.2, -0.15) is 0 Å². The van der Waals surface area contributed by atoms with Crippen LogP contribution in [0.1, 0.15) is 22.3 Å². The molecule has 1 aliphatic carbocycles. The van der Waals surface area contributed by atoms with Gasteiger partial charge in [-0.1, -0.05) is 164 Å². The molecule has 2 heterocycles. The van der Waals surface area contributed by atoms with Crippen LogP contribution in [0.5, 0.6) is 0 Å². The fraction of sp³-hybridized carbons (Fsp3) is 0.0600. The summed E-state index contributed by atoms with van der Waals surface area (Å²) >= 11 is 0. The zero-order chi connectivity index (χ0) is 37.1. The third-order valence-corrected chi connectivity index (χ3v) is 11.3. The maximum absolute atomic E-state index is 12.6. The molecule has 9 aromatic rings. The second kappa shape index (κ2) is 12.8. The van der Waals surface area contributed by atoms with Gasteiger partial charge in [-0.05, 0) is 62.7 Å². The second-order valence-corrected chi connectivity index (χ2v) is 14.3. The average molecular weight is 709 g/mol.